The van der Waals surface area contributed by atoms with Gasteiger partial charge in [0.25, 0.3) is 0 Å². The van der Waals surface area contributed by atoms with Gasteiger partial charge in [0.2, 0.25) is 0 Å². The maximum atomic E-state index is 11.8. The lowest BCUT2D eigenvalue weighted by Gasteiger charge is -2.22. The van der Waals surface area contributed by atoms with Crippen molar-refractivity contribution in [3.05, 3.63) is 70.8 Å². The molecule has 2 aromatic carbocycles. The first kappa shape index (κ1) is 21.0. The number of fused-ring (bicyclic) bond motifs is 2. The first-order valence-corrected chi connectivity index (χ1v) is 9.87. The van der Waals surface area contributed by atoms with Gasteiger partial charge in [-0.1, -0.05) is 48.5 Å². The molecule has 6 heteroatoms. The molecule has 0 amide bonds. The Hall–Kier alpha value is -2.70. The second kappa shape index (κ2) is 8.35. The van der Waals surface area contributed by atoms with Gasteiger partial charge in [-0.2, -0.15) is 0 Å². The second-order valence-electron chi connectivity index (χ2n) is 7.47. The highest BCUT2D eigenvalue weighted by atomic mass is 16.5. The standard InChI is InChI=1S/C12H15NO2.C11H13NO2/c1-2-15-11(14)12(13)8-7-9-5-3-4-6-10(9)12;1-14-10(13)11(12)7-6-8-4-2-3-5-9(8)11/h3-6H,2,7-8,13H2,1H3;2-5H,6-7,12H2,1H3/t;11-/m.1/s1. The number of esters is 2. The molecule has 0 heterocycles. The smallest absolute Gasteiger partial charge is 0.330 e. The Balaban J connectivity index is 0.000000166. The molecule has 0 bridgehead atoms. The summed E-state index contributed by atoms with van der Waals surface area (Å²) in [5, 5.41) is 0. The van der Waals surface area contributed by atoms with Crippen LogP contribution in [0, 0.1) is 0 Å². The zero-order valence-corrected chi connectivity index (χ0v) is 16.9. The van der Waals surface area contributed by atoms with E-state index < -0.39 is 11.1 Å². The normalized spacial score (nSPS) is 24.0. The average molecular weight is 396 g/mol. The van der Waals surface area contributed by atoms with Crippen LogP contribution >= 0.6 is 0 Å². The van der Waals surface area contributed by atoms with Crippen molar-refractivity contribution < 1.29 is 19.1 Å². The molecule has 2 aliphatic carbocycles. The van der Waals surface area contributed by atoms with E-state index in [1.165, 1.54) is 7.11 Å². The number of hydrogen-bond acceptors (Lipinski definition) is 6. The summed E-state index contributed by atoms with van der Waals surface area (Å²) in [4.78, 5) is 23.3. The van der Waals surface area contributed by atoms with Gasteiger partial charge in [0.05, 0.1) is 13.7 Å². The number of benzene rings is 2. The largest absolute Gasteiger partial charge is 0.467 e. The number of ether oxygens (including phenoxy) is 2. The zero-order chi connectivity index (χ0) is 21.1. The van der Waals surface area contributed by atoms with Crippen LogP contribution in [0.25, 0.3) is 0 Å². The quantitative estimate of drug-likeness (QED) is 0.772. The Labute approximate surface area is 171 Å². The summed E-state index contributed by atoms with van der Waals surface area (Å²) >= 11 is 0. The van der Waals surface area contributed by atoms with E-state index >= 15 is 0 Å². The molecule has 2 aliphatic rings. The Kier molecular flexibility index (Phi) is 6.05. The van der Waals surface area contributed by atoms with Crippen LogP contribution in [0.5, 0.6) is 0 Å². The van der Waals surface area contributed by atoms with E-state index in [1.807, 2.05) is 48.5 Å². The van der Waals surface area contributed by atoms with Crippen molar-refractivity contribution in [3.63, 3.8) is 0 Å². The molecule has 29 heavy (non-hydrogen) atoms. The van der Waals surface area contributed by atoms with Crippen molar-refractivity contribution in [2.24, 2.45) is 11.5 Å². The van der Waals surface area contributed by atoms with E-state index in [0.717, 1.165) is 35.1 Å². The van der Waals surface area contributed by atoms with Gasteiger partial charge in [0, 0.05) is 0 Å². The molecule has 2 aromatic rings. The van der Waals surface area contributed by atoms with Gasteiger partial charge in [-0.15, -0.1) is 0 Å². The number of methoxy groups -OCH3 is 1. The molecule has 0 saturated carbocycles. The molecule has 0 radical (unpaired) electrons. The fraction of sp³-hybridized carbons (Fsp3) is 0.391. The maximum absolute atomic E-state index is 11.8. The van der Waals surface area contributed by atoms with E-state index in [4.69, 9.17) is 20.9 Å². The molecule has 0 saturated heterocycles. The first-order chi connectivity index (χ1) is 13.9. The molecule has 154 valence electrons. The Morgan fingerprint density at radius 2 is 1.31 bits per heavy atom. The summed E-state index contributed by atoms with van der Waals surface area (Å²) in [6, 6.07) is 15.6. The van der Waals surface area contributed by atoms with E-state index in [2.05, 4.69) is 0 Å². The van der Waals surface area contributed by atoms with Gasteiger partial charge in [0.15, 0.2) is 0 Å². The monoisotopic (exact) mass is 396 g/mol. The molecule has 4 rings (SSSR count). The molecule has 2 atom stereocenters. The van der Waals surface area contributed by atoms with Gasteiger partial charge in [-0.3, -0.25) is 0 Å². The number of aryl methyl sites for hydroxylation is 2. The summed E-state index contributed by atoms with van der Waals surface area (Å²) in [5.74, 6) is -0.655. The SMILES string of the molecule is CCOC(=O)C1(N)CCc2ccccc21.COC(=O)[C@@]1(N)CCc2ccccc21. The fourth-order valence-electron chi connectivity index (χ4n) is 4.15. The molecular weight excluding hydrogens is 368 g/mol. The van der Waals surface area contributed by atoms with Crippen molar-refractivity contribution in [1.82, 2.24) is 0 Å². The van der Waals surface area contributed by atoms with Crippen molar-refractivity contribution >= 4 is 11.9 Å². The minimum atomic E-state index is -0.925. The van der Waals surface area contributed by atoms with Crippen molar-refractivity contribution in [2.45, 2.75) is 43.7 Å². The number of carbonyl (C=O) groups excluding carboxylic acids is 2. The number of hydrogen-bond donors (Lipinski definition) is 2. The van der Waals surface area contributed by atoms with Crippen molar-refractivity contribution in [1.29, 1.82) is 0 Å². The maximum Gasteiger partial charge on any atom is 0.330 e. The molecule has 6 nitrogen and oxygen atoms in total. The van der Waals surface area contributed by atoms with E-state index in [0.29, 0.717) is 19.4 Å². The third-order valence-electron chi connectivity index (χ3n) is 5.76. The average Bonchev–Trinajstić information content (AvgIpc) is 3.28. The van der Waals surface area contributed by atoms with Crippen LogP contribution < -0.4 is 11.5 Å². The van der Waals surface area contributed by atoms with Crippen LogP contribution in [0.2, 0.25) is 0 Å². The molecule has 0 spiro atoms. The highest BCUT2D eigenvalue weighted by molar-refractivity contribution is 5.84. The molecule has 0 aliphatic heterocycles. The molecule has 4 N–H and O–H groups in total. The highest BCUT2D eigenvalue weighted by Crippen LogP contribution is 2.36. The third-order valence-corrected chi connectivity index (χ3v) is 5.76. The van der Waals surface area contributed by atoms with E-state index in [1.54, 1.807) is 6.92 Å². The lowest BCUT2D eigenvalue weighted by molar-refractivity contribution is -0.150. The summed E-state index contributed by atoms with van der Waals surface area (Å²) in [6.45, 7) is 2.17. The molecule has 1 unspecified atom stereocenters. The van der Waals surface area contributed by atoms with Gasteiger partial charge in [-0.25, -0.2) is 9.59 Å². The number of rotatable bonds is 3. The van der Waals surface area contributed by atoms with Gasteiger partial charge in [-0.05, 0) is 54.9 Å². The highest BCUT2D eigenvalue weighted by Gasteiger charge is 2.43. The summed E-state index contributed by atoms with van der Waals surface area (Å²) in [7, 11) is 1.37. The lowest BCUT2D eigenvalue weighted by Crippen LogP contribution is -2.44. The minimum absolute atomic E-state index is 0.310. The van der Waals surface area contributed by atoms with Crippen molar-refractivity contribution in [3.8, 4) is 0 Å². The molecule has 0 fully saturated rings. The second-order valence-corrected chi connectivity index (χ2v) is 7.47. The molecule has 0 aromatic heterocycles. The van der Waals surface area contributed by atoms with Gasteiger partial charge < -0.3 is 20.9 Å². The topological polar surface area (TPSA) is 105 Å². The zero-order valence-electron chi connectivity index (χ0n) is 16.9. The minimum Gasteiger partial charge on any atom is -0.467 e. The van der Waals surface area contributed by atoms with Gasteiger partial charge >= 0.3 is 11.9 Å². The summed E-state index contributed by atoms with van der Waals surface area (Å²) in [5.41, 5.74) is 14.5. The van der Waals surface area contributed by atoms with Crippen LogP contribution in [0.3, 0.4) is 0 Å². The first-order valence-electron chi connectivity index (χ1n) is 9.87. The fourth-order valence-corrected chi connectivity index (χ4v) is 4.15. The van der Waals surface area contributed by atoms with E-state index in [-0.39, 0.29) is 11.9 Å². The van der Waals surface area contributed by atoms with Crippen LogP contribution in [-0.2, 0) is 43.0 Å². The summed E-state index contributed by atoms with van der Waals surface area (Å²) in [6.07, 6.45) is 2.98. The Morgan fingerprint density at radius 1 is 0.862 bits per heavy atom. The van der Waals surface area contributed by atoms with Gasteiger partial charge in [0.1, 0.15) is 11.1 Å². The van der Waals surface area contributed by atoms with Crippen LogP contribution in [-0.4, -0.2) is 25.7 Å². The number of carbonyl (C=O) groups is 2. The van der Waals surface area contributed by atoms with Crippen LogP contribution in [0.15, 0.2) is 48.5 Å². The Morgan fingerprint density at radius 3 is 1.76 bits per heavy atom. The third kappa shape index (κ3) is 3.78. The Bertz CT molecular complexity index is 913. The number of nitrogens with two attached hydrogens (primary N) is 2. The van der Waals surface area contributed by atoms with E-state index in [9.17, 15) is 9.59 Å². The van der Waals surface area contributed by atoms with Crippen LogP contribution in [0.4, 0.5) is 0 Å². The van der Waals surface area contributed by atoms with Crippen LogP contribution in [0.1, 0.15) is 42.0 Å². The predicted molar refractivity (Wildman–Crippen MR) is 110 cm³/mol. The predicted octanol–water partition coefficient (Wildman–Crippen LogP) is 2.31. The van der Waals surface area contributed by atoms with Crippen molar-refractivity contribution in [2.75, 3.05) is 13.7 Å². The summed E-state index contributed by atoms with van der Waals surface area (Å²) < 4.78 is 9.75. The molecular formula is C23H28N2O4. The lowest BCUT2D eigenvalue weighted by atomic mass is 9.93.